The molecule has 2 aliphatic heterocycles. The summed E-state index contributed by atoms with van der Waals surface area (Å²) in [7, 11) is 0. The Morgan fingerprint density at radius 1 is 1.17 bits per heavy atom. The molecule has 29 heavy (non-hydrogen) atoms. The van der Waals surface area contributed by atoms with Crippen molar-refractivity contribution in [3.05, 3.63) is 71.5 Å². The molecular formula is C23H25FN2O3. The molecule has 152 valence electrons. The summed E-state index contributed by atoms with van der Waals surface area (Å²) < 4.78 is 19.8. The Bertz CT molecular complexity index is 917. The molecule has 2 amide bonds. The number of carbonyl (C=O) groups is 2. The number of hydrogen-bond donors (Lipinski definition) is 0. The van der Waals surface area contributed by atoms with E-state index in [0.717, 1.165) is 5.56 Å². The van der Waals surface area contributed by atoms with Crippen LogP contribution in [0.3, 0.4) is 0 Å². The van der Waals surface area contributed by atoms with Crippen LogP contribution in [0.5, 0.6) is 0 Å². The SMILES string of the molecule is CC(C)N1CC(c2ccccc2)C2(CN(C(=O)c3cccc(F)c3)CCO2)C1=O. The summed E-state index contributed by atoms with van der Waals surface area (Å²) in [5.74, 6) is -1.00. The summed E-state index contributed by atoms with van der Waals surface area (Å²) in [6.07, 6.45) is 0. The third-order valence-electron chi connectivity index (χ3n) is 5.90. The lowest BCUT2D eigenvalue weighted by Crippen LogP contribution is -2.59. The number of hydrogen-bond acceptors (Lipinski definition) is 3. The first-order chi connectivity index (χ1) is 13.9. The summed E-state index contributed by atoms with van der Waals surface area (Å²) in [5.41, 5.74) is 0.181. The second kappa shape index (κ2) is 7.59. The monoisotopic (exact) mass is 396 g/mol. The average molecular weight is 396 g/mol. The van der Waals surface area contributed by atoms with Gasteiger partial charge in [-0.05, 0) is 37.6 Å². The smallest absolute Gasteiger partial charge is 0.257 e. The zero-order valence-corrected chi connectivity index (χ0v) is 16.7. The quantitative estimate of drug-likeness (QED) is 0.801. The molecule has 2 fully saturated rings. The van der Waals surface area contributed by atoms with E-state index >= 15 is 0 Å². The lowest BCUT2D eigenvalue weighted by atomic mass is 9.83. The molecule has 6 heteroatoms. The van der Waals surface area contributed by atoms with E-state index in [1.807, 2.05) is 49.1 Å². The Kier molecular flexibility index (Phi) is 5.13. The maximum atomic E-state index is 13.6. The number of morpholine rings is 1. The predicted octanol–water partition coefficient (Wildman–Crippen LogP) is 3.07. The summed E-state index contributed by atoms with van der Waals surface area (Å²) in [5, 5.41) is 0. The van der Waals surface area contributed by atoms with Gasteiger partial charge in [-0.15, -0.1) is 0 Å². The van der Waals surface area contributed by atoms with Crippen molar-refractivity contribution in [1.29, 1.82) is 0 Å². The van der Waals surface area contributed by atoms with Crippen LogP contribution in [0.1, 0.15) is 35.7 Å². The van der Waals surface area contributed by atoms with Crippen molar-refractivity contribution in [1.82, 2.24) is 9.80 Å². The Balaban J connectivity index is 1.69. The maximum Gasteiger partial charge on any atom is 0.257 e. The molecule has 0 aliphatic carbocycles. The van der Waals surface area contributed by atoms with Crippen molar-refractivity contribution in [3.63, 3.8) is 0 Å². The Morgan fingerprint density at radius 2 is 1.93 bits per heavy atom. The Hall–Kier alpha value is -2.73. The Morgan fingerprint density at radius 3 is 2.62 bits per heavy atom. The van der Waals surface area contributed by atoms with E-state index in [0.29, 0.717) is 13.1 Å². The fraction of sp³-hybridized carbons (Fsp3) is 0.391. The van der Waals surface area contributed by atoms with Crippen LogP contribution in [-0.4, -0.2) is 59.5 Å². The summed E-state index contributed by atoms with van der Waals surface area (Å²) in [6.45, 7) is 5.30. The zero-order valence-electron chi connectivity index (χ0n) is 16.7. The van der Waals surface area contributed by atoms with Gasteiger partial charge in [0, 0.05) is 30.6 Å². The van der Waals surface area contributed by atoms with Gasteiger partial charge in [-0.25, -0.2) is 4.39 Å². The molecule has 0 N–H and O–H groups in total. The number of carbonyl (C=O) groups excluding carboxylic acids is 2. The van der Waals surface area contributed by atoms with Gasteiger partial charge in [0.15, 0.2) is 5.60 Å². The molecule has 2 aromatic rings. The van der Waals surface area contributed by atoms with Crippen molar-refractivity contribution < 1.29 is 18.7 Å². The first-order valence-electron chi connectivity index (χ1n) is 9.97. The standard InChI is InChI=1S/C23H25FN2O3/c1-16(2)26-14-20(17-7-4-3-5-8-17)23(22(26)28)15-25(11-12-29-23)21(27)18-9-6-10-19(24)13-18/h3-10,13,16,20H,11-12,14-15H2,1-2H3. The molecule has 2 aromatic carbocycles. The van der Waals surface area contributed by atoms with Crippen LogP contribution in [0.4, 0.5) is 4.39 Å². The molecule has 4 rings (SSSR count). The molecular weight excluding hydrogens is 371 g/mol. The van der Waals surface area contributed by atoms with Crippen LogP contribution in [0, 0.1) is 5.82 Å². The molecule has 2 saturated heterocycles. The zero-order chi connectivity index (χ0) is 20.6. The van der Waals surface area contributed by atoms with E-state index in [1.165, 1.54) is 18.2 Å². The van der Waals surface area contributed by atoms with E-state index in [1.54, 1.807) is 11.0 Å². The van der Waals surface area contributed by atoms with Crippen LogP contribution in [0.2, 0.25) is 0 Å². The number of ether oxygens (including phenoxy) is 1. The maximum absolute atomic E-state index is 13.6. The molecule has 1 spiro atoms. The van der Waals surface area contributed by atoms with Gasteiger partial charge < -0.3 is 14.5 Å². The average Bonchev–Trinajstić information content (AvgIpc) is 3.00. The molecule has 0 radical (unpaired) electrons. The van der Waals surface area contributed by atoms with Crippen molar-refractivity contribution in [2.75, 3.05) is 26.2 Å². The highest BCUT2D eigenvalue weighted by Crippen LogP contribution is 2.43. The number of halogens is 1. The van der Waals surface area contributed by atoms with Gasteiger partial charge in [-0.1, -0.05) is 36.4 Å². The number of benzene rings is 2. The van der Waals surface area contributed by atoms with Crippen molar-refractivity contribution >= 4 is 11.8 Å². The first-order valence-corrected chi connectivity index (χ1v) is 9.97. The number of rotatable bonds is 3. The second-order valence-electron chi connectivity index (χ2n) is 7.99. The van der Waals surface area contributed by atoms with Gasteiger partial charge in [0.1, 0.15) is 5.82 Å². The second-order valence-corrected chi connectivity index (χ2v) is 7.99. The van der Waals surface area contributed by atoms with E-state index in [-0.39, 0.29) is 42.5 Å². The minimum Gasteiger partial charge on any atom is -0.361 e. The van der Waals surface area contributed by atoms with Gasteiger partial charge >= 0.3 is 0 Å². The van der Waals surface area contributed by atoms with Crippen molar-refractivity contribution in [3.8, 4) is 0 Å². The highest BCUT2D eigenvalue weighted by Gasteiger charge is 2.58. The van der Waals surface area contributed by atoms with E-state index in [9.17, 15) is 14.0 Å². The molecule has 0 aromatic heterocycles. The first kappa shape index (κ1) is 19.6. The number of likely N-dealkylation sites (tertiary alicyclic amines) is 1. The molecule has 2 atom stereocenters. The number of amides is 2. The highest BCUT2D eigenvalue weighted by molar-refractivity contribution is 5.96. The van der Waals surface area contributed by atoms with Crippen LogP contribution < -0.4 is 0 Å². The van der Waals surface area contributed by atoms with Gasteiger partial charge in [0.05, 0.1) is 13.2 Å². The van der Waals surface area contributed by atoms with Gasteiger partial charge in [0.25, 0.3) is 11.8 Å². The molecule has 0 saturated carbocycles. The van der Waals surface area contributed by atoms with Gasteiger partial charge in [-0.2, -0.15) is 0 Å². The van der Waals surface area contributed by atoms with E-state index < -0.39 is 11.4 Å². The van der Waals surface area contributed by atoms with Crippen molar-refractivity contribution in [2.45, 2.75) is 31.4 Å². The molecule has 5 nitrogen and oxygen atoms in total. The van der Waals surface area contributed by atoms with Crippen LogP contribution in [0.15, 0.2) is 54.6 Å². The highest BCUT2D eigenvalue weighted by atomic mass is 19.1. The van der Waals surface area contributed by atoms with E-state index in [4.69, 9.17) is 4.74 Å². The summed E-state index contributed by atoms with van der Waals surface area (Å²) in [4.78, 5) is 30.0. The van der Waals surface area contributed by atoms with Gasteiger partial charge in [-0.3, -0.25) is 9.59 Å². The molecule has 2 heterocycles. The lowest BCUT2D eigenvalue weighted by molar-refractivity contribution is -0.160. The molecule has 2 unspecified atom stereocenters. The number of nitrogens with zero attached hydrogens (tertiary/aromatic N) is 2. The van der Waals surface area contributed by atoms with Gasteiger partial charge in [0.2, 0.25) is 0 Å². The normalized spacial score (nSPS) is 24.6. The Labute approximate surface area is 170 Å². The third-order valence-corrected chi connectivity index (χ3v) is 5.90. The van der Waals surface area contributed by atoms with Crippen LogP contribution in [0.25, 0.3) is 0 Å². The largest absolute Gasteiger partial charge is 0.361 e. The third kappa shape index (κ3) is 3.42. The molecule has 0 bridgehead atoms. The predicted molar refractivity (Wildman–Crippen MR) is 107 cm³/mol. The van der Waals surface area contributed by atoms with E-state index in [2.05, 4.69) is 0 Å². The van der Waals surface area contributed by atoms with Crippen molar-refractivity contribution in [2.24, 2.45) is 0 Å². The summed E-state index contributed by atoms with van der Waals surface area (Å²) >= 11 is 0. The molecule has 2 aliphatic rings. The minimum absolute atomic E-state index is 0.0333. The summed E-state index contributed by atoms with van der Waals surface area (Å²) in [6, 6.07) is 15.5. The minimum atomic E-state index is -1.12. The van der Waals surface area contributed by atoms with Crippen LogP contribution in [-0.2, 0) is 9.53 Å². The fourth-order valence-electron chi connectivity index (χ4n) is 4.39. The van der Waals surface area contributed by atoms with Crippen LogP contribution >= 0.6 is 0 Å². The fourth-order valence-corrected chi connectivity index (χ4v) is 4.39. The lowest BCUT2D eigenvalue weighted by Gasteiger charge is -2.42. The topological polar surface area (TPSA) is 49.9 Å².